The molecule has 0 saturated carbocycles. The molecule has 4 aliphatic rings. The Kier molecular flexibility index (Phi) is 3.05. The van der Waals surface area contributed by atoms with Crippen LogP contribution in [0, 0.1) is 5.92 Å². The number of fused-ring (bicyclic) bond motifs is 2. The van der Waals surface area contributed by atoms with E-state index in [1.807, 2.05) is 28.6 Å². The van der Waals surface area contributed by atoms with Crippen LogP contribution in [-0.4, -0.2) is 47.8 Å². The van der Waals surface area contributed by atoms with E-state index >= 15 is 0 Å². The summed E-state index contributed by atoms with van der Waals surface area (Å²) < 4.78 is 5.93. The number of amides is 1. The Balaban J connectivity index is 1.43. The van der Waals surface area contributed by atoms with Gasteiger partial charge in [-0.25, -0.2) is 9.78 Å². The van der Waals surface area contributed by atoms with Crippen LogP contribution in [0.4, 0.5) is 9.80 Å². The summed E-state index contributed by atoms with van der Waals surface area (Å²) >= 11 is 3.24. The molecule has 23 heavy (non-hydrogen) atoms. The highest BCUT2D eigenvalue weighted by Crippen LogP contribution is 2.45. The second-order valence-electron chi connectivity index (χ2n) is 6.54. The smallest absolute Gasteiger partial charge is 0.415 e. The molecule has 4 aliphatic heterocycles. The molecule has 7 heteroatoms. The highest BCUT2D eigenvalue weighted by Gasteiger charge is 2.55. The van der Waals surface area contributed by atoms with Gasteiger partial charge < -0.3 is 4.74 Å². The molecule has 120 valence electrons. The first-order valence-electron chi connectivity index (χ1n) is 7.96. The normalized spacial score (nSPS) is 32.7. The molecule has 1 atom stereocenters. The summed E-state index contributed by atoms with van der Waals surface area (Å²) in [5, 5.41) is 3.95. The van der Waals surface area contributed by atoms with E-state index in [2.05, 4.69) is 9.88 Å². The molecule has 0 N–H and O–H groups in total. The van der Waals surface area contributed by atoms with Gasteiger partial charge in [0, 0.05) is 24.0 Å². The Hall–Kier alpha value is -1.44. The van der Waals surface area contributed by atoms with Crippen LogP contribution in [0.1, 0.15) is 12.8 Å². The molecule has 0 aliphatic carbocycles. The lowest BCUT2D eigenvalue weighted by molar-refractivity contribution is -0.0881. The van der Waals surface area contributed by atoms with E-state index in [1.54, 1.807) is 22.7 Å². The third kappa shape index (κ3) is 2.14. The van der Waals surface area contributed by atoms with Gasteiger partial charge in [0.15, 0.2) is 0 Å². The van der Waals surface area contributed by atoms with Gasteiger partial charge in [-0.1, -0.05) is 0 Å². The van der Waals surface area contributed by atoms with Crippen molar-refractivity contribution in [3.05, 3.63) is 23.7 Å². The molecule has 2 aromatic rings. The minimum absolute atomic E-state index is 0.189. The molecule has 4 fully saturated rings. The van der Waals surface area contributed by atoms with Gasteiger partial charge in [0.1, 0.15) is 15.6 Å². The van der Waals surface area contributed by atoms with E-state index in [1.165, 1.54) is 0 Å². The largest absolute Gasteiger partial charge is 0.439 e. The fraction of sp³-hybridized carbons (Fsp3) is 0.500. The highest BCUT2D eigenvalue weighted by atomic mass is 32.1. The number of nitrogens with zero attached hydrogens (tertiary/aromatic N) is 3. The van der Waals surface area contributed by atoms with Crippen LogP contribution in [0.2, 0.25) is 0 Å². The lowest BCUT2D eigenvalue weighted by Gasteiger charge is -2.49. The number of hydrogen-bond acceptors (Lipinski definition) is 6. The lowest BCUT2D eigenvalue weighted by atomic mass is 9.75. The van der Waals surface area contributed by atoms with Crippen molar-refractivity contribution < 1.29 is 9.53 Å². The minimum Gasteiger partial charge on any atom is -0.439 e. The average molecular weight is 347 g/mol. The van der Waals surface area contributed by atoms with Crippen molar-refractivity contribution in [2.24, 2.45) is 5.92 Å². The Morgan fingerprint density at radius 1 is 1.26 bits per heavy atom. The maximum atomic E-state index is 12.5. The molecular weight excluding hydrogens is 330 g/mol. The number of aromatic nitrogens is 1. The summed E-state index contributed by atoms with van der Waals surface area (Å²) in [5.74, 6) is 0.514. The Morgan fingerprint density at radius 3 is 2.83 bits per heavy atom. The number of thiazole rings is 1. The van der Waals surface area contributed by atoms with E-state index in [-0.39, 0.29) is 11.7 Å². The summed E-state index contributed by atoms with van der Waals surface area (Å²) in [4.78, 5) is 22.2. The van der Waals surface area contributed by atoms with E-state index < -0.39 is 0 Å². The Morgan fingerprint density at radius 2 is 2.13 bits per heavy atom. The van der Waals surface area contributed by atoms with Gasteiger partial charge in [0.2, 0.25) is 0 Å². The van der Waals surface area contributed by atoms with Crippen molar-refractivity contribution in [1.29, 1.82) is 0 Å². The fourth-order valence-electron chi connectivity index (χ4n) is 4.11. The van der Waals surface area contributed by atoms with Gasteiger partial charge in [-0.3, -0.25) is 9.80 Å². The van der Waals surface area contributed by atoms with Gasteiger partial charge in [-0.2, -0.15) is 0 Å². The summed E-state index contributed by atoms with van der Waals surface area (Å²) in [6.45, 7) is 3.88. The standard InChI is InChI=1S/C16H17N3O2S2/c20-15-19(13-2-1-12(23-13)14-17-5-8-22-14)10-16(21-15)9-18-6-3-11(16)4-7-18/h1-2,5,8,11H,3-4,6-7,9-10H2/t16-/m1/s1. The molecule has 5 nitrogen and oxygen atoms in total. The first-order chi connectivity index (χ1) is 11.2. The number of carbonyl (C=O) groups excluding carboxylic acids is 1. The minimum atomic E-state index is -0.293. The van der Waals surface area contributed by atoms with Gasteiger partial charge in [0.25, 0.3) is 0 Å². The number of anilines is 1. The van der Waals surface area contributed by atoms with Crippen LogP contribution in [0.15, 0.2) is 23.7 Å². The van der Waals surface area contributed by atoms with Crippen molar-refractivity contribution in [1.82, 2.24) is 9.88 Å². The van der Waals surface area contributed by atoms with Crippen molar-refractivity contribution in [3.63, 3.8) is 0 Å². The van der Waals surface area contributed by atoms with Crippen LogP contribution in [-0.2, 0) is 4.74 Å². The zero-order chi connectivity index (χ0) is 15.4. The molecule has 0 aromatic carbocycles. The van der Waals surface area contributed by atoms with Crippen LogP contribution in [0.5, 0.6) is 0 Å². The third-order valence-electron chi connectivity index (χ3n) is 5.26. The van der Waals surface area contributed by atoms with Gasteiger partial charge in [-0.05, 0) is 38.1 Å². The molecule has 1 spiro atoms. The SMILES string of the molecule is O=C1O[C@]2(CN3CCC2CC3)CN1c1ccc(-c2nccs2)s1. The van der Waals surface area contributed by atoms with Crippen molar-refractivity contribution in [3.8, 4) is 9.88 Å². The summed E-state index contributed by atoms with van der Waals surface area (Å²) in [6, 6.07) is 4.07. The first kappa shape index (κ1) is 13.9. The molecule has 0 radical (unpaired) electrons. The Bertz CT molecular complexity index is 736. The van der Waals surface area contributed by atoms with E-state index in [9.17, 15) is 4.79 Å². The number of piperidine rings is 3. The maximum Gasteiger partial charge on any atom is 0.415 e. The average Bonchev–Trinajstić information content (AvgIpc) is 3.28. The van der Waals surface area contributed by atoms with Crippen molar-refractivity contribution >= 4 is 33.8 Å². The van der Waals surface area contributed by atoms with Gasteiger partial charge >= 0.3 is 6.09 Å². The van der Waals surface area contributed by atoms with Crippen LogP contribution in [0.3, 0.4) is 0 Å². The quantitative estimate of drug-likeness (QED) is 0.836. The van der Waals surface area contributed by atoms with Crippen LogP contribution < -0.4 is 4.90 Å². The molecule has 6 rings (SSSR count). The maximum absolute atomic E-state index is 12.5. The molecule has 4 saturated heterocycles. The lowest BCUT2D eigenvalue weighted by Crippen LogP contribution is -2.61. The molecule has 2 aromatic heterocycles. The number of ether oxygens (including phenoxy) is 1. The fourth-order valence-corrected chi connectivity index (χ4v) is 5.83. The van der Waals surface area contributed by atoms with Crippen molar-refractivity contribution in [2.75, 3.05) is 31.1 Å². The van der Waals surface area contributed by atoms with E-state index in [4.69, 9.17) is 4.74 Å². The second kappa shape index (κ2) is 5.03. The summed E-state index contributed by atoms with van der Waals surface area (Å²) in [7, 11) is 0. The number of rotatable bonds is 2. The highest BCUT2D eigenvalue weighted by molar-refractivity contribution is 7.23. The van der Waals surface area contributed by atoms with E-state index in [0.717, 1.165) is 47.4 Å². The summed E-state index contributed by atoms with van der Waals surface area (Å²) in [5.41, 5.74) is -0.293. The predicted octanol–water partition coefficient (Wildman–Crippen LogP) is 3.29. The Labute approximate surface area is 142 Å². The third-order valence-corrected chi connectivity index (χ3v) is 7.31. The topological polar surface area (TPSA) is 45.7 Å². The number of hydrogen-bond donors (Lipinski definition) is 0. The first-order valence-corrected chi connectivity index (χ1v) is 9.66. The van der Waals surface area contributed by atoms with Crippen LogP contribution in [0.25, 0.3) is 9.88 Å². The van der Waals surface area contributed by atoms with Gasteiger partial charge in [-0.15, -0.1) is 22.7 Å². The van der Waals surface area contributed by atoms with Crippen LogP contribution >= 0.6 is 22.7 Å². The zero-order valence-electron chi connectivity index (χ0n) is 12.6. The molecular formula is C16H17N3O2S2. The number of thiophene rings is 1. The zero-order valence-corrected chi connectivity index (χ0v) is 14.2. The monoisotopic (exact) mass is 347 g/mol. The number of carbonyl (C=O) groups is 1. The molecule has 2 bridgehead atoms. The summed E-state index contributed by atoms with van der Waals surface area (Å²) in [6.07, 6.45) is 3.92. The molecule has 6 heterocycles. The van der Waals surface area contributed by atoms with Gasteiger partial charge in [0.05, 0.1) is 11.4 Å². The van der Waals surface area contributed by atoms with E-state index in [0.29, 0.717) is 12.5 Å². The molecule has 1 amide bonds. The van der Waals surface area contributed by atoms with Crippen molar-refractivity contribution in [2.45, 2.75) is 18.4 Å². The molecule has 0 unspecified atom stereocenters. The predicted molar refractivity (Wildman–Crippen MR) is 91.1 cm³/mol. The second-order valence-corrected chi connectivity index (χ2v) is 8.50.